The summed E-state index contributed by atoms with van der Waals surface area (Å²) >= 11 is 1.73. The predicted molar refractivity (Wildman–Crippen MR) is 80.5 cm³/mol. The molecular weight excluding hydrogens is 294 g/mol. The van der Waals surface area contributed by atoms with E-state index in [4.69, 9.17) is 4.18 Å². The molecule has 0 saturated carbocycles. The zero-order chi connectivity index (χ0) is 14.3. The zero-order valence-electron chi connectivity index (χ0n) is 11.3. The molecule has 2 aliphatic heterocycles. The average Bonchev–Trinajstić information content (AvgIpc) is 2.56. The second-order valence-corrected chi connectivity index (χ2v) is 7.40. The standard InChI is InChI=1S/C14H15NO3S2/c1-15(2)12-9-20(16,17)18-14-10(12)7-8-19-13-6-4-3-5-11(13)14/h3-6,9H,7-8H2,1-2H3. The minimum atomic E-state index is -3.68. The number of hydrogen-bond acceptors (Lipinski definition) is 5. The summed E-state index contributed by atoms with van der Waals surface area (Å²) < 4.78 is 29.3. The Labute approximate surface area is 123 Å². The van der Waals surface area contributed by atoms with E-state index < -0.39 is 10.1 Å². The van der Waals surface area contributed by atoms with E-state index in [1.807, 2.05) is 43.3 Å². The van der Waals surface area contributed by atoms with Crippen molar-refractivity contribution in [1.82, 2.24) is 4.90 Å². The third kappa shape index (κ3) is 2.33. The topological polar surface area (TPSA) is 46.6 Å². The minimum Gasteiger partial charge on any atom is -0.378 e. The lowest BCUT2D eigenvalue weighted by Crippen LogP contribution is -2.21. The monoisotopic (exact) mass is 309 g/mol. The van der Waals surface area contributed by atoms with E-state index in [0.717, 1.165) is 28.2 Å². The van der Waals surface area contributed by atoms with Gasteiger partial charge < -0.3 is 9.08 Å². The fourth-order valence-corrected chi connectivity index (χ4v) is 4.50. The predicted octanol–water partition coefficient (Wildman–Crippen LogP) is 2.66. The highest BCUT2D eigenvalue weighted by Crippen LogP contribution is 2.42. The van der Waals surface area contributed by atoms with Gasteiger partial charge in [0.2, 0.25) is 0 Å². The smallest absolute Gasteiger partial charge is 0.334 e. The Morgan fingerprint density at radius 3 is 2.75 bits per heavy atom. The highest BCUT2D eigenvalue weighted by molar-refractivity contribution is 7.99. The minimum absolute atomic E-state index is 0.483. The van der Waals surface area contributed by atoms with Gasteiger partial charge in [0.05, 0.1) is 11.1 Å². The fraction of sp³-hybridized carbons (Fsp3) is 0.286. The molecule has 0 bridgehead atoms. The summed E-state index contributed by atoms with van der Waals surface area (Å²) in [5, 5.41) is 1.21. The molecule has 6 heteroatoms. The zero-order valence-corrected chi connectivity index (χ0v) is 12.9. The Morgan fingerprint density at radius 2 is 2.00 bits per heavy atom. The first kappa shape index (κ1) is 13.6. The quantitative estimate of drug-likeness (QED) is 0.746. The van der Waals surface area contributed by atoms with E-state index in [1.54, 1.807) is 11.8 Å². The number of allylic oxidation sites excluding steroid dienone is 1. The lowest BCUT2D eigenvalue weighted by Gasteiger charge is -2.25. The first-order valence-electron chi connectivity index (χ1n) is 6.27. The maximum Gasteiger partial charge on any atom is 0.334 e. The van der Waals surface area contributed by atoms with Crippen LogP contribution in [0.1, 0.15) is 12.0 Å². The van der Waals surface area contributed by atoms with Crippen molar-refractivity contribution >= 4 is 27.6 Å². The van der Waals surface area contributed by atoms with Crippen LogP contribution in [0.2, 0.25) is 0 Å². The number of thioether (sulfide) groups is 1. The second-order valence-electron chi connectivity index (χ2n) is 4.88. The van der Waals surface area contributed by atoms with Crippen molar-refractivity contribution < 1.29 is 12.6 Å². The van der Waals surface area contributed by atoms with Gasteiger partial charge in [0.1, 0.15) is 0 Å². The van der Waals surface area contributed by atoms with Crippen molar-refractivity contribution in [2.24, 2.45) is 0 Å². The van der Waals surface area contributed by atoms with Gasteiger partial charge in [0.25, 0.3) is 0 Å². The van der Waals surface area contributed by atoms with Crippen LogP contribution < -0.4 is 0 Å². The molecule has 1 aromatic carbocycles. The molecule has 1 aromatic rings. The number of rotatable bonds is 1. The van der Waals surface area contributed by atoms with Crippen LogP contribution in [0.3, 0.4) is 0 Å². The van der Waals surface area contributed by atoms with Crippen LogP contribution >= 0.6 is 11.8 Å². The first-order chi connectivity index (χ1) is 9.48. The second kappa shape index (κ2) is 4.86. The van der Waals surface area contributed by atoms with Gasteiger partial charge in [0, 0.05) is 35.9 Å². The molecule has 0 aromatic heterocycles. The van der Waals surface area contributed by atoms with E-state index in [1.165, 1.54) is 5.41 Å². The molecule has 3 rings (SSSR count). The molecule has 0 saturated heterocycles. The molecule has 0 spiro atoms. The molecular formula is C14H15NO3S2. The van der Waals surface area contributed by atoms with Gasteiger partial charge in [-0.3, -0.25) is 0 Å². The van der Waals surface area contributed by atoms with Crippen molar-refractivity contribution in [2.45, 2.75) is 11.3 Å². The SMILES string of the molecule is CN(C)C1=CS(=O)(=O)OC2=C1CCSc1ccccc12. The third-order valence-electron chi connectivity index (χ3n) is 3.26. The molecule has 0 amide bonds. The van der Waals surface area contributed by atoms with Crippen molar-refractivity contribution in [2.75, 3.05) is 19.8 Å². The highest BCUT2D eigenvalue weighted by atomic mass is 32.2. The van der Waals surface area contributed by atoms with Crippen molar-refractivity contribution in [3.63, 3.8) is 0 Å². The molecule has 0 aliphatic carbocycles. The van der Waals surface area contributed by atoms with Crippen LogP contribution in [-0.2, 0) is 14.3 Å². The largest absolute Gasteiger partial charge is 0.378 e. The van der Waals surface area contributed by atoms with Crippen LogP contribution in [0.15, 0.2) is 45.8 Å². The molecule has 2 heterocycles. The van der Waals surface area contributed by atoms with Gasteiger partial charge in [-0.15, -0.1) is 11.8 Å². The van der Waals surface area contributed by atoms with Gasteiger partial charge in [-0.1, -0.05) is 18.2 Å². The Kier molecular flexibility index (Phi) is 3.30. The molecule has 4 nitrogen and oxygen atoms in total. The normalized spacial score (nSPS) is 20.2. The summed E-state index contributed by atoms with van der Waals surface area (Å²) in [7, 11) is 0.0198. The maximum atomic E-state index is 12.0. The Morgan fingerprint density at radius 1 is 1.25 bits per heavy atom. The van der Waals surface area contributed by atoms with E-state index >= 15 is 0 Å². The first-order valence-corrected chi connectivity index (χ1v) is 8.73. The van der Waals surface area contributed by atoms with Gasteiger partial charge in [0.15, 0.2) is 5.76 Å². The Hall–Kier alpha value is -1.40. The van der Waals surface area contributed by atoms with Crippen molar-refractivity contribution in [3.05, 3.63) is 46.5 Å². The Bertz CT molecular complexity index is 718. The van der Waals surface area contributed by atoms with Gasteiger partial charge in [-0.25, -0.2) is 0 Å². The molecule has 0 radical (unpaired) electrons. The fourth-order valence-electron chi connectivity index (χ4n) is 2.38. The molecule has 106 valence electrons. The summed E-state index contributed by atoms with van der Waals surface area (Å²) in [6.45, 7) is 0. The maximum absolute atomic E-state index is 12.0. The van der Waals surface area contributed by atoms with Crippen LogP contribution in [-0.4, -0.2) is 33.2 Å². The lowest BCUT2D eigenvalue weighted by molar-refractivity contribution is 0.451. The van der Waals surface area contributed by atoms with Crippen LogP contribution in [0.5, 0.6) is 0 Å². The van der Waals surface area contributed by atoms with E-state index in [9.17, 15) is 8.42 Å². The molecule has 2 aliphatic rings. The molecule has 0 unspecified atom stereocenters. The van der Waals surface area contributed by atoms with E-state index in [2.05, 4.69) is 0 Å². The van der Waals surface area contributed by atoms with Crippen LogP contribution in [0, 0.1) is 0 Å². The average molecular weight is 309 g/mol. The summed E-state index contributed by atoms with van der Waals surface area (Å²) in [5.74, 6) is 1.39. The van der Waals surface area contributed by atoms with Gasteiger partial charge in [-0.05, 0) is 12.5 Å². The number of benzene rings is 1. The van der Waals surface area contributed by atoms with Crippen LogP contribution in [0.25, 0.3) is 5.76 Å². The highest BCUT2D eigenvalue weighted by Gasteiger charge is 2.30. The number of likely N-dealkylation sites (N-methyl/N-ethyl adjacent to an activating group) is 1. The van der Waals surface area contributed by atoms with E-state index in [0.29, 0.717) is 11.5 Å². The molecule has 0 N–H and O–H groups in total. The Balaban J connectivity index is 2.25. The molecule has 0 fully saturated rings. The van der Waals surface area contributed by atoms with Crippen LogP contribution in [0.4, 0.5) is 0 Å². The lowest BCUT2D eigenvalue weighted by atomic mass is 10.0. The molecule has 0 atom stereocenters. The molecule has 20 heavy (non-hydrogen) atoms. The van der Waals surface area contributed by atoms with Gasteiger partial charge >= 0.3 is 10.1 Å². The van der Waals surface area contributed by atoms with Crippen molar-refractivity contribution in [3.8, 4) is 0 Å². The summed E-state index contributed by atoms with van der Waals surface area (Å²) in [5.41, 5.74) is 2.53. The van der Waals surface area contributed by atoms with Crippen molar-refractivity contribution in [1.29, 1.82) is 0 Å². The van der Waals surface area contributed by atoms with E-state index in [-0.39, 0.29) is 0 Å². The summed E-state index contributed by atoms with van der Waals surface area (Å²) in [6, 6.07) is 7.77. The summed E-state index contributed by atoms with van der Waals surface area (Å²) in [6.07, 6.45) is 0.786. The number of hydrogen-bond donors (Lipinski definition) is 0. The van der Waals surface area contributed by atoms with Gasteiger partial charge in [-0.2, -0.15) is 8.42 Å². The summed E-state index contributed by atoms with van der Waals surface area (Å²) in [4.78, 5) is 2.89. The number of fused-ring (bicyclic) bond motifs is 2. The third-order valence-corrected chi connectivity index (χ3v) is 5.25. The number of nitrogens with zero attached hydrogens (tertiary/aromatic N) is 1.